The molecule has 1 saturated heterocycles. The van der Waals surface area contributed by atoms with Gasteiger partial charge in [0.25, 0.3) is 5.91 Å². The van der Waals surface area contributed by atoms with Gasteiger partial charge in [-0.05, 0) is 24.3 Å². The third-order valence-electron chi connectivity index (χ3n) is 2.98. The van der Waals surface area contributed by atoms with E-state index < -0.39 is 0 Å². The molecule has 1 fully saturated rings. The lowest BCUT2D eigenvalue weighted by Crippen LogP contribution is -2.34. The Morgan fingerprint density at radius 2 is 2.44 bits per heavy atom. The Kier molecular flexibility index (Phi) is 3.13. The molecule has 1 aliphatic rings. The van der Waals surface area contributed by atoms with Crippen molar-refractivity contribution >= 4 is 44.9 Å². The molecule has 2 aromatic heterocycles. The molecule has 1 amide bonds. The molecule has 3 N–H and O–H groups in total. The van der Waals surface area contributed by atoms with Crippen molar-refractivity contribution in [2.75, 3.05) is 17.2 Å². The van der Waals surface area contributed by atoms with Crippen molar-refractivity contribution in [2.24, 2.45) is 0 Å². The molecule has 0 spiro atoms. The van der Waals surface area contributed by atoms with Gasteiger partial charge in [0, 0.05) is 23.4 Å². The van der Waals surface area contributed by atoms with Gasteiger partial charge in [-0.2, -0.15) is 11.8 Å². The summed E-state index contributed by atoms with van der Waals surface area (Å²) in [5, 5.41) is 3.91. The molecule has 18 heavy (non-hydrogen) atoms. The van der Waals surface area contributed by atoms with E-state index in [1.807, 2.05) is 23.9 Å². The number of hydrogen-bond donors (Lipinski definition) is 2. The number of anilines is 1. The van der Waals surface area contributed by atoms with Gasteiger partial charge in [-0.15, -0.1) is 11.3 Å². The molecule has 0 aromatic carbocycles. The van der Waals surface area contributed by atoms with Gasteiger partial charge in [-0.25, -0.2) is 4.98 Å². The minimum atomic E-state index is -0.0667. The number of amides is 1. The zero-order valence-electron chi connectivity index (χ0n) is 9.68. The van der Waals surface area contributed by atoms with Gasteiger partial charge in [0.1, 0.15) is 9.71 Å². The summed E-state index contributed by atoms with van der Waals surface area (Å²) in [5.41, 5.74) is 6.57. The Balaban J connectivity index is 1.88. The van der Waals surface area contributed by atoms with Gasteiger partial charge >= 0.3 is 0 Å². The number of thioether (sulfide) groups is 1. The Labute approximate surface area is 113 Å². The lowest BCUT2D eigenvalue weighted by atomic mass is 10.2. The lowest BCUT2D eigenvalue weighted by Gasteiger charge is -2.10. The van der Waals surface area contributed by atoms with Crippen LogP contribution in [0.2, 0.25) is 0 Å². The molecule has 3 rings (SSSR count). The summed E-state index contributed by atoms with van der Waals surface area (Å²) in [4.78, 5) is 17.8. The molecule has 3 heterocycles. The van der Waals surface area contributed by atoms with Crippen LogP contribution < -0.4 is 11.1 Å². The Morgan fingerprint density at radius 1 is 1.56 bits per heavy atom. The van der Waals surface area contributed by atoms with E-state index >= 15 is 0 Å². The molecule has 6 heteroatoms. The molecule has 0 bridgehead atoms. The Bertz CT molecular complexity index is 590. The summed E-state index contributed by atoms with van der Waals surface area (Å²) in [6, 6.07) is 4.01. The summed E-state index contributed by atoms with van der Waals surface area (Å²) in [6.07, 6.45) is 2.76. The number of rotatable bonds is 2. The van der Waals surface area contributed by atoms with E-state index in [2.05, 4.69) is 10.3 Å². The SMILES string of the molecule is Nc1c(C(=O)NC2CCSC2)sc2ncccc12. The first-order valence-electron chi connectivity index (χ1n) is 5.77. The van der Waals surface area contributed by atoms with Gasteiger partial charge in [0.15, 0.2) is 0 Å². The first-order chi connectivity index (χ1) is 8.75. The van der Waals surface area contributed by atoms with E-state index in [1.165, 1.54) is 11.3 Å². The van der Waals surface area contributed by atoms with Crippen LogP contribution in [0.5, 0.6) is 0 Å². The second-order valence-corrected chi connectivity index (χ2v) is 6.38. The molecule has 1 aliphatic heterocycles. The predicted octanol–water partition coefficient (Wildman–Crippen LogP) is 2.11. The predicted molar refractivity (Wildman–Crippen MR) is 77.2 cm³/mol. The van der Waals surface area contributed by atoms with E-state index in [4.69, 9.17) is 5.73 Å². The van der Waals surface area contributed by atoms with Gasteiger partial charge in [0.05, 0.1) is 5.69 Å². The van der Waals surface area contributed by atoms with Crippen LogP contribution in [0.25, 0.3) is 10.2 Å². The minimum Gasteiger partial charge on any atom is -0.397 e. The van der Waals surface area contributed by atoms with Crippen molar-refractivity contribution in [2.45, 2.75) is 12.5 Å². The molecule has 0 aliphatic carbocycles. The Morgan fingerprint density at radius 3 is 3.17 bits per heavy atom. The van der Waals surface area contributed by atoms with E-state index in [-0.39, 0.29) is 11.9 Å². The van der Waals surface area contributed by atoms with Crippen LogP contribution in [0, 0.1) is 0 Å². The molecule has 0 radical (unpaired) electrons. The molecule has 0 saturated carbocycles. The van der Waals surface area contributed by atoms with E-state index in [0.29, 0.717) is 10.6 Å². The molecule has 4 nitrogen and oxygen atoms in total. The average molecular weight is 279 g/mol. The standard InChI is InChI=1S/C12H13N3OS2/c13-9-8-2-1-4-14-12(8)18-10(9)11(16)15-7-3-5-17-6-7/h1-2,4,7H,3,5-6,13H2,(H,15,16). The van der Waals surface area contributed by atoms with Crippen LogP contribution in [-0.2, 0) is 0 Å². The number of hydrogen-bond acceptors (Lipinski definition) is 5. The van der Waals surface area contributed by atoms with E-state index in [9.17, 15) is 4.79 Å². The molecule has 94 valence electrons. The fourth-order valence-electron chi connectivity index (χ4n) is 2.02. The monoisotopic (exact) mass is 279 g/mol. The normalized spacial score (nSPS) is 19.2. The number of nitrogens with two attached hydrogens (primary N) is 1. The van der Waals surface area contributed by atoms with Crippen molar-refractivity contribution in [1.82, 2.24) is 10.3 Å². The highest BCUT2D eigenvalue weighted by Crippen LogP contribution is 2.32. The quantitative estimate of drug-likeness (QED) is 0.883. The number of nitrogen functional groups attached to an aromatic ring is 1. The second kappa shape index (κ2) is 4.78. The maximum atomic E-state index is 12.2. The number of carbonyl (C=O) groups excluding carboxylic acids is 1. The van der Waals surface area contributed by atoms with Crippen LogP contribution in [0.3, 0.4) is 0 Å². The summed E-state index contributed by atoms with van der Waals surface area (Å²) < 4.78 is 0. The van der Waals surface area contributed by atoms with Gasteiger partial charge in [0.2, 0.25) is 0 Å². The number of nitrogens with zero attached hydrogens (tertiary/aromatic N) is 1. The molecular formula is C12H13N3OS2. The van der Waals surface area contributed by atoms with Crippen molar-refractivity contribution in [1.29, 1.82) is 0 Å². The first-order valence-corrected chi connectivity index (χ1v) is 7.74. The third-order valence-corrected chi connectivity index (χ3v) is 5.27. The van der Waals surface area contributed by atoms with Crippen molar-refractivity contribution < 1.29 is 4.79 Å². The van der Waals surface area contributed by atoms with Crippen LogP contribution >= 0.6 is 23.1 Å². The van der Waals surface area contributed by atoms with Crippen LogP contribution in [0.15, 0.2) is 18.3 Å². The maximum absolute atomic E-state index is 12.2. The zero-order chi connectivity index (χ0) is 12.5. The van der Waals surface area contributed by atoms with Crippen LogP contribution in [0.4, 0.5) is 5.69 Å². The van der Waals surface area contributed by atoms with Gasteiger partial charge in [-0.3, -0.25) is 4.79 Å². The number of nitrogens with one attached hydrogen (secondary N) is 1. The van der Waals surface area contributed by atoms with E-state index in [1.54, 1.807) is 6.20 Å². The van der Waals surface area contributed by atoms with Gasteiger partial charge in [-0.1, -0.05) is 0 Å². The summed E-state index contributed by atoms with van der Waals surface area (Å²) in [6.45, 7) is 0. The fraction of sp³-hybridized carbons (Fsp3) is 0.333. The third kappa shape index (κ3) is 2.06. The first kappa shape index (κ1) is 11.8. The summed E-state index contributed by atoms with van der Waals surface area (Å²) in [5.74, 6) is 2.05. The van der Waals surface area contributed by atoms with Crippen LogP contribution in [-0.4, -0.2) is 28.4 Å². The highest BCUT2D eigenvalue weighted by atomic mass is 32.2. The van der Waals surface area contributed by atoms with E-state index in [0.717, 1.165) is 28.1 Å². The Hall–Kier alpha value is -1.27. The highest BCUT2D eigenvalue weighted by Gasteiger charge is 2.22. The number of fused-ring (bicyclic) bond motifs is 1. The van der Waals surface area contributed by atoms with Crippen molar-refractivity contribution in [3.05, 3.63) is 23.2 Å². The minimum absolute atomic E-state index is 0.0667. The highest BCUT2D eigenvalue weighted by molar-refractivity contribution is 7.99. The zero-order valence-corrected chi connectivity index (χ0v) is 11.3. The summed E-state index contributed by atoms with van der Waals surface area (Å²) in [7, 11) is 0. The second-order valence-electron chi connectivity index (χ2n) is 4.23. The summed E-state index contributed by atoms with van der Waals surface area (Å²) >= 11 is 3.23. The maximum Gasteiger partial charge on any atom is 0.263 e. The largest absolute Gasteiger partial charge is 0.397 e. The van der Waals surface area contributed by atoms with Gasteiger partial charge < -0.3 is 11.1 Å². The average Bonchev–Trinajstić information content (AvgIpc) is 2.98. The number of carbonyl (C=O) groups is 1. The molecule has 2 aromatic rings. The topological polar surface area (TPSA) is 68.0 Å². The smallest absolute Gasteiger partial charge is 0.263 e. The van der Waals surface area contributed by atoms with Crippen molar-refractivity contribution in [3.8, 4) is 0 Å². The van der Waals surface area contributed by atoms with Crippen molar-refractivity contribution in [3.63, 3.8) is 0 Å². The lowest BCUT2D eigenvalue weighted by molar-refractivity contribution is 0.0946. The molecule has 1 unspecified atom stereocenters. The van der Waals surface area contributed by atoms with Crippen LogP contribution in [0.1, 0.15) is 16.1 Å². The number of pyridine rings is 1. The fourth-order valence-corrected chi connectivity index (χ4v) is 4.14. The molecule has 1 atom stereocenters. The number of aromatic nitrogens is 1. The molecular weight excluding hydrogens is 266 g/mol. The number of thiophene rings is 1.